The molecule has 0 saturated carbocycles. The maximum atomic E-state index is 13.8. The van der Waals surface area contributed by atoms with Crippen molar-refractivity contribution in [1.82, 2.24) is 25.3 Å². The van der Waals surface area contributed by atoms with Gasteiger partial charge < -0.3 is 5.32 Å². The lowest BCUT2D eigenvalue weighted by atomic mass is 10.1. The highest BCUT2D eigenvalue weighted by molar-refractivity contribution is 5.98. The number of hydrogen-bond acceptors (Lipinski definition) is 4. The standard InChI is InChI=1S/C23H19F2N5O/c1-14-13-19(7-8-20(14)25)30-22(17-9-11-26-12-10-17)21(28-29-30)23(31)27-15(2)16-3-5-18(24)6-4-16/h3-13,15H,1-2H3,(H,27,31). The fraction of sp³-hybridized carbons (Fsp3) is 0.130. The SMILES string of the molecule is Cc1cc(-n2nnc(C(=O)NC(C)c3ccc(F)cc3)c2-c2ccncc2)ccc1F. The maximum Gasteiger partial charge on any atom is 0.274 e. The van der Waals surface area contributed by atoms with Gasteiger partial charge in [-0.3, -0.25) is 9.78 Å². The molecule has 0 bridgehead atoms. The number of benzene rings is 2. The molecule has 0 spiro atoms. The third kappa shape index (κ3) is 4.18. The first-order valence-corrected chi connectivity index (χ1v) is 9.63. The Morgan fingerprint density at radius 3 is 2.42 bits per heavy atom. The summed E-state index contributed by atoms with van der Waals surface area (Å²) in [7, 11) is 0. The van der Waals surface area contributed by atoms with Crippen molar-refractivity contribution in [1.29, 1.82) is 0 Å². The molecule has 4 rings (SSSR count). The summed E-state index contributed by atoms with van der Waals surface area (Å²) in [6, 6.07) is 13.6. The van der Waals surface area contributed by atoms with E-state index in [4.69, 9.17) is 0 Å². The lowest BCUT2D eigenvalue weighted by Gasteiger charge is -2.14. The topological polar surface area (TPSA) is 72.7 Å². The number of rotatable bonds is 5. The predicted octanol–water partition coefficient (Wildman–Crippen LogP) is 4.41. The molecule has 0 fully saturated rings. The molecule has 1 unspecified atom stereocenters. The van der Waals surface area contributed by atoms with E-state index in [1.807, 2.05) is 0 Å². The molecule has 0 radical (unpaired) electrons. The van der Waals surface area contributed by atoms with Crippen LogP contribution in [0.2, 0.25) is 0 Å². The molecule has 0 aliphatic carbocycles. The summed E-state index contributed by atoms with van der Waals surface area (Å²) in [5, 5.41) is 11.1. The smallest absolute Gasteiger partial charge is 0.274 e. The van der Waals surface area contributed by atoms with Gasteiger partial charge in [-0.2, -0.15) is 0 Å². The van der Waals surface area contributed by atoms with Crippen molar-refractivity contribution in [2.45, 2.75) is 19.9 Å². The number of carbonyl (C=O) groups is 1. The molecule has 8 heteroatoms. The Morgan fingerprint density at radius 2 is 1.74 bits per heavy atom. The molecule has 1 amide bonds. The molecule has 0 aliphatic heterocycles. The van der Waals surface area contributed by atoms with Crippen molar-refractivity contribution in [3.8, 4) is 16.9 Å². The van der Waals surface area contributed by atoms with Crippen LogP contribution in [0.3, 0.4) is 0 Å². The fourth-order valence-electron chi connectivity index (χ4n) is 3.24. The first-order chi connectivity index (χ1) is 14.9. The summed E-state index contributed by atoms with van der Waals surface area (Å²) in [6.07, 6.45) is 3.21. The number of halogens is 2. The van der Waals surface area contributed by atoms with Gasteiger partial charge in [0.2, 0.25) is 0 Å². The molecule has 1 atom stereocenters. The van der Waals surface area contributed by atoms with Crippen molar-refractivity contribution in [3.05, 3.63) is 95.4 Å². The Kier molecular flexibility index (Phi) is 5.53. The van der Waals surface area contributed by atoms with Crippen molar-refractivity contribution < 1.29 is 13.6 Å². The monoisotopic (exact) mass is 419 g/mol. The zero-order valence-electron chi connectivity index (χ0n) is 16.9. The van der Waals surface area contributed by atoms with E-state index in [9.17, 15) is 13.6 Å². The van der Waals surface area contributed by atoms with Crippen LogP contribution in [0.4, 0.5) is 8.78 Å². The first kappa shape index (κ1) is 20.3. The Morgan fingerprint density at radius 1 is 1.03 bits per heavy atom. The van der Waals surface area contributed by atoms with E-state index >= 15 is 0 Å². The molecule has 2 heterocycles. The van der Waals surface area contributed by atoms with E-state index in [1.54, 1.807) is 62.6 Å². The van der Waals surface area contributed by atoms with E-state index < -0.39 is 5.91 Å². The summed E-state index contributed by atoms with van der Waals surface area (Å²) in [5.74, 6) is -1.12. The van der Waals surface area contributed by atoms with Crippen molar-refractivity contribution in [2.24, 2.45) is 0 Å². The second kappa shape index (κ2) is 8.43. The lowest BCUT2D eigenvalue weighted by Crippen LogP contribution is -2.27. The van der Waals surface area contributed by atoms with Crippen LogP contribution in [0.1, 0.15) is 34.6 Å². The van der Waals surface area contributed by atoms with Crippen molar-refractivity contribution in [2.75, 3.05) is 0 Å². The van der Waals surface area contributed by atoms with Crippen LogP contribution in [0.5, 0.6) is 0 Å². The number of pyridine rings is 1. The number of aryl methyl sites for hydroxylation is 1. The third-order valence-electron chi connectivity index (χ3n) is 4.94. The normalized spacial score (nSPS) is 11.9. The largest absolute Gasteiger partial charge is 0.344 e. The van der Waals surface area contributed by atoms with Crippen LogP contribution >= 0.6 is 0 Å². The predicted molar refractivity (Wildman–Crippen MR) is 112 cm³/mol. The number of hydrogen-bond donors (Lipinski definition) is 1. The average Bonchev–Trinajstić information content (AvgIpc) is 3.22. The Balaban J connectivity index is 1.73. The van der Waals surface area contributed by atoms with E-state index in [2.05, 4.69) is 20.6 Å². The second-order valence-electron chi connectivity index (χ2n) is 7.11. The van der Waals surface area contributed by atoms with Crippen molar-refractivity contribution in [3.63, 3.8) is 0 Å². The minimum atomic E-state index is -0.436. The summed E-state index contributed by atoms with van der Waals surface area (Å²) in [5.41, 5.74) is 3.02. The number of nitrogens with one attached hydrogen (secondary N) is 1. The molecule has 31 heavy (non-hydrogen) atoms. The van der Waals surface area contributed by atoms with Crippen LogP contribution in [0, 0.1) is 18.6 Å². The molecular weight excluding hydrogens is 400 g/mol. The number of aromatic nitrogens is 4. The van der Waals surface area contributed by atoms with Gasteiger partial charge in [-0.1, -0.05) is 17.3 Å². The van der Waals surface area contributed by atoms with E-state index in [1.165, 1.54) is 22.9 Å². The van der Waals surface area contributed by atoms with Crippen LogP contribution in [-0.2, 0) is 0 Å². The summed E-state index contributed by atoms with van der Waals surface area (Å²) >= 11 is 0. The maximum absolute atomic E-state index is 13.8. The summed E-state index contributed by atoms with van der Waals surface area (Å²) in [4.78, 5) is 17.1. The lowest BCUT2D eigenvalue weighted by molar-refractivity contribution is 0.0935. The van der Waals surface area contributed by atoms with Gasteiger partial charge in [-0.25, -0.2) is 13.5 Å². The number of carbonyl (C=O) groups excluding carboxylic acids is 1. The van der Waals surface area contributed by atoms with Gasteiger partial charge in [0.1, 0.15) is 17.3 Å². The fourth-order valence-corrected chi connectivity index (χ4v) is 3.24. The van der Waals surface area contributed by atoms with Crippen molar-refractivity contribution >= 4 is 5.91 Å². The van der Waals surface area contributed by atoms with Gasteiger partial charge in [0.15, 0.2) is 5.69 Å². The van der Waals surface area contributed by atoms with Crippen LogP contribution < -0.4 is 5.32 Å². The van der Waals surface area contributed by atoms with Gasteiger partial charge >= 0.3 is 0 Å². The molecule has 0 aliphatic rings. The minimum Gasteiger partial charge on any atom is -0.344 e. The molecule has 4 aromatic rings. The van der Waals surface area contributed by atoms with Gasteiger partial charge in [-0.05, 0) is 67.4 Å². The Labute approximate surface area is 177 Å². The molecule has 6 nitrogen and oxygen atoms in total. The van der Waals surface area contributed by atoms with E-state index in [0.717, 1.165) is 5.56 Å². The van der Waals surface area contributed by atoms with E-state index in [0.29, 0.717) is 22.5 Å². The zero-order chi connectivity index (χ0) is 22.0. The van der Waals surface area contributed by atoms with Gasteiger partial charge in [0.25, 0.3) is 5.91 Å². The molecule has 2 aromatic carbocycles. The highest BCUT2D eigenvalue weighted by atomic mass is 19.1. The number of amides is 1. The highest BCUT2D eigenvalue weighted by Crippen LogP contribution is 2.26. The Hall–Kier alpha value is -3.94. The van der Waals surface area contributed by atoms with Gasteiger partial charge in [-0.15, -0.1) is 5.10 Å². The average molecular weight is 419 g/mol. The number of nitrogens with zero attached hydrogens (tertiary/aromatic N) is 4. The molecule has 0 saturated heterocycles. The molecule has 156 valence electrons. The summed E-state index contributed by atoms with van der Waals surface area (Å²) in [6.45, 7) is 3.45. The van der Waals surface area contributed by atoms with Gasteiger partial charge in [0.05, 0.1) is 11.7 Å². The van der Waals surface area contributed by atoms with Crippen LogP contribution in [0.15, 0.2) is 67.0 Å². The quantitative estimate of drug-likeness (QED) is 0.520. The first-order valence-electron chi connectivity index (χ1n) is 9.63. The van der Waals surface area contributed by atoms with Gasteiger partial charge in [0, 0.05) is 18.0 Å². The minimum absolute atomic E-state index is 0.113. The third-order valence-corrected chi connectivity index (χ3v) is 4.94. The second-order valence-corrected chi connectivity index (χ2v) is 7.11. The summed E-state index contributed by atoms with van der Waals surface area (Å²) < 4.78 is 28.5. The zero-order valence-corrected chi connectivity index (χ0v) is 16.9. The van der Waals surface area contributed by atoms with Crippen LogP contribution in [0.25, 0.3) is 16.9 Å². The molecular formula is C23H19F2N5O. The van der Waals surface area contributed by atoms with Crippen LogP contribution in [-0.4, -0.2) is 25.9 Å². The van der Waals surface area contributed by atoms with E-state index in [-0.39, 0.29) is 23.4 Å². The molecule has 2 aromatic heterocycles. The highest BCUT2D eigenvalue weighted by Gasteiger charge is 2.24. The molecule has 1 N–H and O–H groups in total. The Bertz CT molecular complexity index is 1220.